The molecule has 1 aromatic carbocycles. The molecule has 1 aliphatic heterocycles. The number of ether oxygens (including phenoxy) is 2. The Morgan fingerprint density at radius 3 is 2.59 bits per heavy atom. The van der Waals surface area contributed by atoms with Gasteiger partial charge < -0.3 is 30.3 Å². The van der Waals surface area contributed by atoms with Gasteiger partial charge in [0.1, 0.15) is 35.3 Å². The van der Waals surface area contributed by atoms with Gasteiger partial charge in [0.2, 0.25) is 0 Å². The van der Waals surface area contributed by atoms with Crippen LogP contribution in [0.1, 0.15) is 68.1 Å². The Morgan fingerprint density at radius 2 is 2.00 bits per heavy atom. The maximum Gasteiger partial charge on any atom is 0.410 e. The minimum absolute atomic E-state index is 0.00576. The first-order chi connectivity index (χ1) is 17.4. The minimum Gasteiger partial charge on any atom is -0.496 e. The number of amides is 1. The highest BCUT2D eigenvalue weighted by Crippen LogP contribution is 2.44. The molecule has 37 heavy (non-hydrogen) atoms. The molecule has 1 amide bonds. The zero-order valence-corrected chi connectivity index (χ0v) is 22.6. The van der Waals surface area contributed by atoms with Crippen molar-refractivity contribution in [1.82, 2.24) is 24.6 Å². The summed E-state index contributed by atoms with van der Waals surface area (Å²) in [5.41, 5.74) is 8.63. The lowest BCUT2D eigenvalue weighted by atomic mass is 9.85. The van der Waals surface area contributed by atoms with E-state index in [1.807, 2.05) is 40.7 Å². The molecule has 3 aromatic rings. The molecule has 1 saturated heterocycles. The molecule has 2 atom stereocenters. The van der Waals surface area contributed by atoms with E-state index in [2.05, 4.69) is 15.1 Å². The number of carbonyl (C=O) groups is 1. The van der Waals surface area contributed by atoms with E-state index in [1.165, 1.54) is 6.33 Å². The van der Waals surface area contributed by atoms with Crippen molar-refractivity contribution in [3.8, 4) is 5.75 Å². The fourth-order valence-electron chi connectivity index (χ4n) is 4.67. The first-order valence-electron chi connectivity index (χ1n) is 12.0. The number of aliphatic hydroxyl groups is 2. The molecule has 0 bridgehead atoms. The number of likely N-dealkylation sites (tertiary alicyclic amines) is 1. The Bertz CT molecular complexity index is 1330. The van der Waals surface area contributed by atoms with Crippen LogP contribution in [0, 0.1) is 6.92 Å². The van der Waals surface area contributed by atoms with E-state index in [0.717, 1.165) is 16.7 Å². The Hall–Kier alpha value is -3.15. The third-order valence-electron chi connectivity index (χ3n) is 6.55. The number of carbonyl (C=O) groups excluding carboxylic acids is 1. The molecule has 4 N–H and O–H groups in total. The Balaban J connectivity index is 1.75. The van der Waals surface area contributed by atoms with Gasteiger partial charge in [0.25, 0.3) is 0 Å². The molecule has 200 valence electrons. The van der Waals surface area contributed by atoms with E-state index < -0.39 is 24.4 Å². The zero-order valence-electron chi connectivity index (χ0n) is 21.8. The second-order valence-electron chi connectivity index (χ2n) is 10.3. The molecular formula is C25H33ClN6O5. The first-order valence-corrected chi connectivity index (χ1v) is 12.4. The Kier molecular flexibility index (Phi) is 7.24. The van der Waals surface area contributed by atoms with Gasteiger partial charge in [-0.2, -0.15) is 5.10 Å². The standard InChI is InChI=1S/C25H33ClN6O5/c1-12-16(26)7-15(21(36-6)18(12)14-8-31(9-14)24(35)37-25(3,4)5)13(2)32-23-19(22(27)28-11-29-23)20(30-32)17(34)10-33/h7,11,13-14,17,33-34H,8-10H2,1-6H3,(H2,27,28,29). The average molecular weight is 533 g/mol. The number of aliphatic hydroxyl groups excluding tert-OH is 2. The number of rotatable bonds is 6. The van der Waals surface area contributed by atoms with Gasteiger partial charge >= 0.3 is 6.09 Å². The number of hydrogen-bond donors (Lipinski definition) is 3. The first kappa shape index (κ1) is 26.9. The SMILES string of the molecule is COc1c(C(C)n2nc(C(O)CO)c3c(N)ncnc32)cc(Cl)c(C)c1C1CN(C(=O)OC(C)(C)C)C1. The van der Waals surface area contributed by atoms with Crippen LogP contribution in [0.4, 0.5) is 10.6 Å². The van der Waals surface area contributed by atoms with Crippen molar-refractivity contribution in [3.05, 3.63) is 39.8 Å². The molecule has 2 aromatic heterocycles. The highest BCUT2D eigenvalue weighted by Gasteiger charge is 2.38. The van der Waals surface area contributed by atoms with E-state index in [1.54, 1.807) is 16.7 Å². The predicted octanol–water partition coefficient (Wildman–Crippen LogP) is 3.35. The normalized spacial score (nSPS) is 16.0. The number of halogens is 1. The second-order valence-corrected chi connectivity index (χ2v) is 10.7. The lowest BCUT2D eigenvalue weighted by molar-refractivity contribution is 0.00793. The van der Waals surface area contributed by atoms with Gasteiger partial charge in [-0.25, -0.2) is 19.4 Å². The summed E-state index contributed by atoms with van der Waals surface area (Å²) in [5.74, 6) is 0.793. The van der Waals surface area contributed by atoms with Crippen LogP contribution in [0.15, 0.2) is 12.4 Å². The zero-order chi connectivity index (χ0) is 27.2. The van der Waals surface area contributed by atoms with Crippen molar-refractivity contribution >= 4 is 34.5 Å². The summed E-state index contributed by atoms with van der Waals surface area (Å²) in [6.07, 6.45) is -0.286. The molecule has 2 unspecified atom stereocenters. The van der Waals surface area contributed by atoms with Crippen molar-refractivity contribution in [2.24, 2.45) is 0 Å². The van der Waals surface area contributed by atoms with Crippen LogP contribution < -0.4 is 10.5 Å². The van der Waals surface area contributed by atoms with Crippen molar-refractivity contribution < 1.29 is 24.5 Å². The summed E-state index contributed by atoms with van der Waals surface area (Å²) in [5, 5.41) is 25.4. The predicted molar refractivity (Wildman–Crippen MR) is 139 cm³/mol. The lowest BCUT2D eigenvalue weighted by Gasteiger charge is -2.41. The monoisotopic (exact) mass is 532 g/mol. The molecule has 1 aliphatic rings. The highest BCUT2D eigenvalue weighted by molar-refractivity contribution is 6.31. The van der Waals surface area contributed by atoms with Crippen LogP contribution in [-0.4, -0.2) is 73.4 Å². The number of nitrogen functional groups attached to an aromatic ring is 1. The number of fused-ring (bicyclic) bond motifs is 1. The molecule has 0 spiro atoms. The van der Waals surface area contributed by atoms with Gasteiger partial charge in [0.05, 0.1) is 25.1 Å². The summed E-state index contributed by atoms with van der Waals surface area (Å²) in [4.78, 5) is 22.5. The topological polar surface area (TPSA) is 149 Å². The molecule has 3 heterocycles. The fraction of sp³-hybridized carbons (Fsp3) is 0.520. The van der Waals surface area contributed by atoms with Gasteiger partial charge in [-0.15, -0.1) is 0 Å². The van der Waals surface area contributed by atoms with Crippen LogP contribution in [-0.2, 0) is 4.74 Å². The van der Waals surface area contributed by atoms with Gasteiger partial charge in [-0.1, -0.05) is 11.6 Å². The molecule has 4 rings (SSSR count). The van der Waals surface area contributed by atoms with Crippen LogP contribution in [0.3, 0.4) is 0 Å². The summed E-state index contributed by atoms with van der Waals surface area (Å²) in [6.45, 7) is 9.75. The molecule has 0 radical (unpaired) electrons. The highest BCUT2D eigenvalue weighted by atomic mass is 35.5. The van der Waals surface area contributed by atoms with Gasteiger partial charge in [0, 0.05) is 35.2 Å². The minimum atomic E-state index is -1.25. The summed E-state index contributed by atoms with van der Waals surface area (Å²) in [6, 6.07) is 1.39. The van der Waals surface area contributed by atoms with Crippen molar-refractivity contribution in [1.29, 1.82) is 0 Å². The number of benzene rings is 1. The largest absolute Gasteiger partial charge is 0.496 e. The number of aromatic nitrogens is 4. The summed E-state index contributed by atoms with van der Waals surface area (Å²) >= 11 is 6.70. The number of nitrogens with zero attached hydrogens (tertiary/aromatic N) is 5. The van der Waals surface area contributed by atoms with Crippen LogP contribution >= 0.6 is 11.6 Å². The Morgan fingerprint density at radius 1 is 1.32 bits per heavy atom. The van der Waals surface area contributed by atoms with Crippen molar-refractivity contribution in [3.63, 3.8) is 0 Å². The lowest BCUT2D eigenvalue weighted by Crippen LogP contribution is -2.50. The van der Waals surface area contributed by atoms with E-state index in [9.17, 15) is 15.0 Å². The molecular weight excluding hydrogens is 500 g/mol. The molecule has 11 nitrogen and oxygen atoms in total. The van der Waals surface area contributed by atoms with Crippen LogP contribution in [0.2, 0.25) is 5.02 Å². The second kappa shape index (κ2) is 9.96. The fourth-order valence-corrected chi connectivity index (χ4v) is 4.89. The molecule has 12 heteroatoms. The smallest absolute Gasteiger partial charge is 0.410 e. The molecule has 0 aliphatic carbocycles. The quantitative estimate of drug-likeness (QED) is 0.434. The van der Waals surface area contributed by atoms with Crippen LogP contribution in [0.5, 0.6) is 5.75 Å². The summed E-state index contributed by atoms with van der Waals surface area (Å²) < 4.78 is 13.0. The van der Waals surface area contributed by atoms with E-state index >= 15 is 0 Å². The maximum atomic E-state index is 12.5. The maximum absolute atomic E-state index is 12.5. The Labute approximate surface area is 220 Å². The summed E-state index contributed by atoms with van der Waals surface area (Å²) in [7, 11) is 1.59. The number of hydrogen-bond acceptors (Lipinski definition) is 9. The molecule has 0 saturated carbocycles. The molecule has 1 fully saturated rings. The number of anilines is 1. The van der Waals surface area contributed by atoms with Crippen LogP contribution in [0.25, 0.3) is 11.0 Å². The number of nitrogens with two attached hydrogens (primary N) is 1. The number of methoxy groups -OCH3 is 1. The third-order valence-corrected chi connectivity index (χ3v) is 6.94. The average Bonchev–Trinajstić information content (AvgIpc) is 3.19. The van der Waals surface area contributed by atoms with E-state index in [0.29, 0.717) is 34.9 Å². The van der Waals surface area contributed by atoms with Crippen molar-refractivity contribution in [2.75, 3.05) is 32.5 Å². The van der Waals surface area contributed by atoms with Gasteiger partial charge in [-0.3, -0.25) is 0 Å². The van der Waals surface area contributed by atoms with Gasteiger partial charge in [0.15, 0.2) is 5.65 Å². The van der Waals surface area contributed by atoms with Gasteiger partial charge in [-0.05, 0) is 46.2 Å². The third kappa shape index (κ3) is 4.90. The van der Waals surface area contributed by atoms with E-state index in [4.69, 9.17) is 26.8 Å². The van der Waals surface area contributed by atoms with E-state index in [-0.39, 0.29) is 23.5 Å². The van der Waals surface area contributed by atoms with Crippen molar-refractivity contribution in [2.45, 2.75) is 58.3 Å².